The number of anilines is 1. The van der Waals surface area contributed by atoms with Gasteiger partial charge in [-0.15, -0.1) is 0 Å². The smallest absolute Gasteiger partial charge is 0.262 e. The molecule has 0 atom stereocenters. The van der Waals surface area contributed by atoms with Crippen LogP contribution in [0.5, 0.6) is 5.75 Å². The number of amides is 1. The summed E-state index contributed by atoms with van der Waals surface area (Å²) < 4.78 is 5.74. The number of rotatable bonds is 4. The van der Waals surface area contributed by atoms with E-state index < -0.39 is 0 Å². The normalized spacial score (nSPS) is 10.6. The number of benzene rings is 2. The molecular formula is C20H20N2O2. The Morgan fingerprint density at radius 3 is 2.54 bits per heavy atom. The Balaban J connectivity index is 1.72. The molecule has 0 bridgehead atoms. The minimum absolute atomic E-state index is 0.0338. The molecule has 0 radical (unpaired) electrons. The van der Waals surface area contributed by atoms with E-state index in [1.807, 2.05) is 51.1 Å². The fourth-order valence-corrected chi connectivity index (χ4v) is 2.92. The Morgan fingerprint density at radius 2 is 1.79 bits per heavy atom. The number of nitrogens with one attached hydrogen (secondary N) is 1. The number of ether oxygens (including phenoxy) is 1. The molecule has 0 aliphatic rings. The Morgan fingerprint density at radius 1 is 1.08 bits per heavy atom. The molecule has 0 aliphatic heterocycles. The summed E-state index contributed by atoms with van der Waals surface area (Å²) in [6.45, 7) is 5.99. The number of nitrogens with zero attached hydrogens (tertiary/aromatic N) is 1. The van der Waals surface area contributed by atoms with Gasteiger partial charge in [-0.05, 0) is 44.0 Å². The summed E-state index contributed by atoms with van der Waals surface area (Å²) >= 11 is 0. The summed E-state index contributed by atoms with van der Waals surface area (Å²) in [5.74, 6) is 0.569. The highest BCUT2D eigenvalue weighted by atomic mass is 16.5. The zero-order valence-electron chi connectivity index (χ0n) is 14.1. The van der Waals surface area contributed by atoms with Crippen LogP contribution in [0.25, 0.3) is 10.9 Å². The second kappa shape index (κ2) is 6.71. The first-order chi connectivity index (χ1) is 11.5. The van der Waals surface area contributed by atoms with Crippen LogP contribution in [0, 0.1) is 20.8 Å². The summed E-state index contributed by atoms with van der Waals surface area (Å²) in [5.41, 5.74) is 4.72. The van der Waals surface area contributed by atoms with Gasteiger partial charge in [-0.25, -0.2) is 0 Å². The van der Waals surface area contributed by atoms with E-state index in [1.54, 1.807) is 6.20 Å². The van der Waals surface area contributed by atoms with Crippen molar-refractivity contribution in [3.05, 3.63) is 65.4 Å². The third kappa shape index (κ3) is 3.38. The summed E-state index contributed by atoms with van der Waals surface area (Å²) in [6, 6.07) is 13.6. The fourth-order valence-electron chi connectivity index (χ4n) is 2.92. The predicted octanol–water partition coefficient (Wildman–Crippen LogP) is 4.18. The van der Waals surface area contributed by atoms with Gasteiger partial charge in [0, 0.05) is 11.6 Å². The number of hydrogen-bond acceptors (Lipinski definition) is 3. The Bertz CT molecular complexity index is 875. The minimum atomic E-state index is -0.201. The molecule has 0 saturated heterocycles. The number of aromatic nitrogens is 1. The molecule has 122 valence electrons. The lowest BCUT2D eigenvalue weighted by molar-refractivity contribution is -0.118. The highest BCUT2D eigenvalue weighted by molar-refractivity contribution is 6.00. The molecule has 24 heavy (non-hydrogen) atoms. The van der Waals surface area contributed by atoms with E-state index in [4.69, 9.17) is 4.74 Å². The molecule has 1 N–H and O–H groups in total. The Labute approximate surface area is 141 Å². The lowest BCUT2D eigenvalue weighted by atomic mass is 10.1. The molecule has 0 spiro atoms. The van der Waals surface area contributed by atoms with E-state index in [0.29, 0.717) is 5.69 Å². The monoisotopic (exact) mass is 320 g/mol. The molecule has 1 aromatic heterocycles. The van der Waals surface area contributed by atoms with Crippen molar-refractivity contribution in [2.45, 2.75) is 20.8 Å². The summed E-state index contributed by atoms with van der Waals surface area (Å²) in [7, 11) is 0. The standard InChI is InChI=1S/C20H20N2O2/c1-13-10-14(2)20(15(3)11-13)24-12-18(23)22-17-8-4-6-16-7-5-9-21-19(16)17/h4-11H,12H2,1-3H3,(H,22,23). The van der Waals surface area contributed by atoms with Crippen LogP contribution in [0.1, 0.15) is 16.7 Å². The van der Waals surface area contributed by atoms with Crippen LogP contribution < -0.4 is 10.1 Å². The second-order valence-corrected chi connectivity index (χ2v) is 5.95. The van der Waals surface area contributed by atoms with E-state index in [-0.39, 0.29) is 12.5 Å². The van der Waals surface area contributed by atoms with Crippen LogP contribution in [-0.4, -0.2) is 17.5 Å². The molecule has 2 aromatic carbocycles. The largest absolute Gasteiger partial charge is 0.483 e. The molecule has 0 saturated carbocycles. The zero-order valence-corrected chi connectivity index (χ0v) is 14.1. The fraction of sp³-hybridized carbons (Fsp3) is 0.200. The summed E-state index contributed by atoms with van der Waals surface area (Å²) in [4.78, 5) is 16.6. The predicted molar refractivity (Wildman–Crippen MR) is 96.5 cm³/mol. The summed E-state index contributed by atoms with van der Waals surface area (Å²) in [6.07, 6.45) is 1.72. The molecule has 4 heteroatoms. The molecule has 3 rings (SSSR count). The van der Waals surface area contributed by atoms with Crippen molar-refractivity contribution in [1.29, 1.82) is 0 Å². The summed E-state index contributed by atoms with van der Waals surface area (Å²) in [5, 5.41) is 3.87. The number of hydrogen-bond donors (Lipinski definition) is 1. The molecular weight excluding hydrogens is 300 g/mol. The van der Waals surface area contributed by atoms with Crippen LogP contribution in [0.4, 0.5) is 5.69 Å². The quantitative estimate of drug-likeness (QED) is 0.784. The van der Waals surface area contributed by atoms with Crippen molar-refractivity contribution in [1.82, 2.24) is 4.98 Å². The molecule has 0 aliphatic carbocycles. The van der Waals surface area contributed by atoms with Crippen molar-refractivity contribution >= 4 is 22.5 Å². The van der Waals surface area contributed by atoms with Crippen molar-refractivity contribution in [3.8, 4) is 5.75 Å². The van der Waals surface area contributed by atoms with Crippen LogP contribution in [0.3, 0.4) is 0 Å². The number of carbonyl (C=O) groups excluding carboxylic acids is 1. The highest BCUT2D eigenvalue weighted by Gasteiger charge is 2.10. The maximum Gasteiger partial charge on any atom is 0.262 e. The maximum atomic E-state index is 12.3. The number of aryl methyl sites for hydroxylation is 3. The third-order valence-corrected chi connectivity index (χ3v) is 3.86. The van der Waals surface area contributed by atoms with Gasteiger partial charge in [-0.2, -0.15) is 0 Å². The van der Waals surface area contributed by atoms with Gasteiger partial charge in [0.1, 0.15) is 5.75 Å². The second-order valence-electron chi connectivity index (χ2n) is 5.95. The van der Waals surface area contributed by atoms with Gasteiger partial charge >= 0.3 is 0 Å². The van der Waals surface area contributed by atoms with Crippen LogP contribution in [0.2, 0.25) is 0 Å². The van der Waals surface area contributed by atoms with Crippen LogP contribution in [0.15, 0.2) is 48.7 Å². The first-order valence-corrected chi connectivity index (χ1v) is 7.89. The van der Waals surface area contributed by atoms with Gasteiger partial charge in [0.25, 0.3) is 5.91 Å². The average molecular weight is 320 g/mol. The Hall–Kier alpha value is -2.88. The Kier molecular flexibility index (Phi) is 4.47. The number of fused-ring (bicyclic) bond motifs is 1. The lowest BCUT2D eigenvalue weighted by Crippen LogP contribution is -2.21. The molecule has 3 aromatic rings. The first kappa shape index (κ1) is 16.0. The van der Waals surface area contributed by atoms with E-state index in [2.05, 4.69) is 22.4 Å². The molecule has 4 nitrogen and oxygen atoms in total. The van der Waals surface area contributed by atoms with Crippen molar-refractivity contribution in [2.75, 3.05) is 11.9 Å². The van der Waals surface area contributed by atoms with E-state index >= 15 is 0 Å². The van der Waals surface area contributed by atoms with Crippen molar-refractivity contribution < 1.29 is 9.53 Å². The number of para-hydroxylation sites is 1. The lowest BCUT2D eigenvalue weighted by Gasteiger charge is -2.13. The van der Waals surface area contributed by atoms with Crippen molar-refractivity contribution in [2.24, 2.45) is 0 Å². The van der Waals surface area contributed by atoms with Gasteiger partial charge in [0.15, 0.2) is 6.61 Å². The third-order valence-electron chi connectivity index (χ3n) is 3.86. The van der Waals surface area contributed by atoms with E-state index in [1.165, 1.54) is 5.56 Å². The highest BCUT2D eigenvalue weighted by Crippen LogP contribution is 2.25. The minimum Gasteiger partial charge on any atom is -0.483 e. The van der Waals surface area contributed by atoms with Crippen LogP contribution >= 0.6 is 0 Å². The van der Waals surface area contributed by atoms with Gasteiger partial charge in [0.2, 0.25) is 0 Å². The zero-order chi connectivity index (χ0) is 17.1. The number of carbonyl (C=O) groups is 1. The average Bonchev–Trinajstić information content (AvgIpc) is 2.54. The van der Waals surface area contributed by atoms with Gasteiger partial charge in [0.05, 0.1) is 11.2 Å². The molecule has 0 unspecified atom stereocenters. The molecule has 1 heterocycles. The van der Waals surface area contributed by atoms with Crippen LogP contribution in [-0.2, 0) is 4.79 Å². The molecule has 1 amide bonds. The SMILES string of the molecule is Cc1cc(C)c(OCC(=O)Nc2cccc3cccnc23)c(C)c1. The number of pyridine rings is 1. The van der Waals surface area contributed by atoms with E-state index in [9.17, 15) is 4.79 Å². The maximum absolute atomic E-state index is 12.3. The first-order valence-electron chi connectivity index (χ1n) is 7.89. The molecule has 0 fully saturated rings. The van der Waals surface area contributed by atoms with E-state index in [0.717, 1.165) is 27.8 Å². The van der Waals surface area contributed by atoms with Gasteiger partial charge in [-0.3, -0.25) is 9.78 Å². The van der Waals surface area contributed by atoms with Gasteiger partial charge < -0.3 is 10.1 Å². The topological polar surface area (TPSA) is 51.2 Å². The van der Waals surface area contributed by atoms with Crippen molar-refractivity contribution in [3.63, 3.8) is 0 Å². The van der Waals surface area contributed by atoms with Gasteiger partial charge in [-0.1, -0.05) is 35.9 Å².